The van der Waals surface area contributed by atoms with Crippen molar-refractivity contribution < 1.29 is 5.11 Å². The molecule has 3 N–H and O–H groups in total. The van der Waals surface area contributed by atoms with E-state index in [2.05, 4.69) is 26.9 Å². The predicted molar refractivity (Wildman–Crippen MR) is 72.7 cm³/mol. The smallest absolute Gasteiger partial charge is 0.0702 e. The van der Waals surface area contributed by atoms with E-state index >= 15 is 0 Å². The Morgan fingerprint density at radius 3 is 2.50 bits per heavy atom. The van der Waals surface area contributed by atoms with Gasteiger partial charge in [-0.3, -0.25) is 4.90 Å². The highest BCUT2D eigenvalue weighted by Crippen LogP contribution is 2.32. The number of rotatable bonds is 5. The standard InChI is InChI=1S/C11H19BrN2OS/c1-7(6-15)14(3)11(8(2)13)9-4-5-10(12)16-9/h4-5,7-8,11,15H,6,13H2,1-3H3. The van der Waals surface area contributed by atoms with Crippen molar-refractivity contribution in [1.29, 1.82) is 0 Å². The molecule has 0 bridgehead atoms. The van der Waals surface area contributed by atoms with Gasteiger partial charge in [-0.05, 0) is 49.0 Å². The van der Waals surface area contributed by atoms with Gasteiger partial charge in [0, 0.05) is 17.0 Å². The molecule has 0 aliphatic carbocycles. The molecule has 3 unspecified atom stereocenters. The third-order valence-corrected chi connectivity index (χ3v) is 4.48. The molecule has 0 radical (unpaired) electrons. The Kier molecular flexibility index (Phi) is 5.40. The molecule has 1 aromatic rings. The van der Waals surface area contributed by atoms with Crippen LogP contribution in [0.1, 0.15) is 24.8 Å². The van der Waals surface area contributed by atoms with E-state index in [0.29, 0.717) is 0 Å². The van der Waals surface area contributed by atoms with Gasteiger partial charge in [0.2, 0.25) is 0 Å². The van der Waals surface area contributed by atoms with Gasteiger partial charge in [0.1, 0.15) is 0 Å². The fraction of sp³-hybridized carbons (Fsp3) is 0.636. The number of aliphatic hydroxyl groups is 1. The van der Waals surface area contributed by atoms with E-state index in [1.165, 1.54) is 4.88 Å². The lowest BCUT2D eigenvalue weighted by atomic mass is 10.1. The number of nitrogens with two attached hydrogens (primary N) is 1. The number of hydrogen-bond donors (Lipinski definition) is 2. The second kappa shape index (κ2) is 6.12. The summed E-state index contributed by atoms with van der Waals surface area (Å²) >= 11 is 5.16. The highest BCUT2D eigenvalue weighted by atomic mass is 79.9. The second-order valence-electron chi connectivity index (χ2n) is 4.14. The summed E-state index contributed by atoms with van der Waals surface area (Å²) in [7, 11) is 2.00. The topological polar surface area (TPSA) is 49.5 Å². The molecule has 0 aromatic carbocycles. The highest BCUT2D eigenvalue weighted by Gasteiger charge is 2.25. The van der Waals surface area contributed by atoms with E-state index < -0.39 is 0 Å². The minimum atomic E-state index is 0.0320. The zero-order valence-corrected chi connectivity index (χ0v) is 12.3. The third-order valence-electron chi connectivity index (χ3n) is 2.78. The average Bonchev–Trinajstić information content (AvgIpc) is 2.63. The van der Waals surface area contributed by atoms with Gasteiger partial charge in [0.25, 0.3) is 0 Å². The average molecular weight is 307 g/mol. The van der Waals surface area contributed by atoms with Gasteiger partial charge >= 0.3 is 0 Å². The third kappa shape index (κ3) is 3.28. The fourth-order valence-electron chi connectivity index (χ4n) is 1.72. The maximum Gasteiger partial charge on any atom is 0.0702 e. The summed E-state index contributed by atoms with van der Waals surface area (Å²) in [5.41, 5.74) is 6.04. The van der Waals surface area contributed by atoms with Crippen LogP contribution in [0.5, 0.6) is 0 Å². The maximum atomic E-state index is 9.20. The molecule has 0 saturated heterocycles. The molecule has 92 valence electrons. The molecular formula is C11H19BrN2OS. The van der Waals surface area contributed by atoms with Crippen LogP contribution in [0.25, 0.3) is 0 Å². The molecule has 0 fully saturated rings. The zero-order chi connectivity index (χ0) is 12.3. The Hall–Kier alpha value is 0.0600. The number of halogens is 1. The van der Waals surface area contributed by atoms with Crippen molar-refractivity contribution in [2.45, 2.75) is 32.0 Å². The van der Waals surface area contributed by atoms with Crippen LogP contribution in [0.2, 0.25) is 0 Å². The molecule has 0 aliphatic heterocycles. The summed E-state index contributed by atoms with van der Waals surface area (Å²) in [5.74, 6) is 0. The lowest BCUT2D eigenvalue weighted by Gasteiger charge is -2.34. The molecule has 1 heterocycles. The minimum absolute atomic E-state index is 0.0320. The first-order valence-corrected chi connectivity index (χ1v) is 6.92. The maximum absolute atomic E-state index is 9.20. The van der Waals surface area contributed by atoms with Gasteiger partial charge in [0.15, 0.2) is 0 Å². The van der Waals surface area contributed by atoms with Crippen molar-refractivity contribution >= 4 is 27.3 Å². The van der Waals surface area contributed by atoms with E-state index in [1.54, 1.807) is 11.3 Å². The van der Waals surface area contributed by atoms with Gasteiger partial charge in [-0.1, -0.05) is 0 Å². The number of aliphatic hydroxyl groups excluding tert-OH is 1. The molecule has 1 rings (SSSR count). The number of thiophene rings is 1. The van der Waals surface area contributed by atoms with Crippen LogP contribution >= 0.6 is 27.3 Å². The van der Waals surface area contributed by atoms with Crippen molar-refractivity contribution in [3.05, 3.63) is 20.8 Å². The fourth-order valence-corrected chi connectivity index (χ4v) is 3.41. The normalized spacial score (nSPS) is 17.4. The SMILES string of the molecule is CC(N)C(c1ccc(Br)s1)N(C)C(C)CO. The Labute approximate surface area is 109 Å². The van der Waals surface area contributed by atoms with Gasteiger partial charge in [-0.2, -0.15) is 0 Å². The molecular weight excluding hydrogens is 288 g/mol. The summed E-state index contributed by atoms with van der Waals surface area (Å²) in [6, 6.07) is 4.41. The van der Waals surface area contributed by atoms with Crippen LogP contribution in [0, 0.1) is 0 Å². The lowest BCUT2D eigenvalue weighted by molar-refractivity contribution is 0.111. The Morgan fingerprint density at radius 2 is 2.12 bits per heavy atom. The number of likely N-dealkylation sites (N-methyl/N-ethyl adjacent to an activating group) is 1. The first-order valence-electron chi connectivity index (χ1n) is 5.31. The first kappa shape index (κ1) is 14.1. The number of hydrogen-bond acceptors (Lipinski definition) is 4. The first-order chi connectivity index (χ1) is 7.47. The quantitative estimate of drug-likeness (QED) is 0.877. The van der Waals surface area contributed by atoms with Crippen molar-refractivity contribution in [3.8, 4) is 0 Å². The van der Waals surface area contributed by atoms with Crippen LogP contribution in [0.4, 0.5) is 0 Å². The van der Waals surface area contributed by atoms with E-state index in [0.717, 1.165) is 3.79 Å². The van der Waals surface area contributed by atoms with E-state index in [-0.39, 0.29) is 24.7 Å². The number of nitrogens with zero attached hydrogens (tertiary/aromatic N) is 1. The molecule has 0 amide bonds. The van der Waals surface area contributed by atoms with Crippen LogP contribution in [0.3, 0.4) is 0 Å². The van der Waals surface area contributed by atoms with E-state index in [9.17, 15) is 5.11 Å². The van der Waals surface area contributed by atoms with E-state index in [1.807, 2.05) is 27.0 Å². The van der Waals surface area contributed by atoms with Gasteiger partial charge in [-0.25, -0.2) is 0 Å². The summed E-state index contributed by atoms with van der Waals surface area (Å²) in [5, 5.41) is 9.20. The largest absolute Gasteiger partial charge is 0.395 e. The molecule has 16 heavy (non-hydrogen) atoms. The van der Waals surface area contributed by atoms with Gasteiger partial charge in [0.05, 0.1) is 16.4 Å². The second-order valence-corrected chi connectivity index (χ2v) is 6.64. The molecule has 0 saturated carbocycles. The molecule has 0 aliphatic rings. The van der Waals surface area contributed by atoms with Gasteiger partial charge in [-0.15, -0.1) is 11.3 Å². The van der Waals surface area contributed by atoms with Crippen molar-refractivity contribution in [2.24, 2.45) is 5.73 Å². The molecule has 3 atom stereocenters. The van der Waals surface area contributed by atoms with Crippen molar-refractivity contribution in [3.63, 3.8) is 0 Å². The summed E-state index contributed by atoms with van der Waals surface area (Å²) in [6.07, 6.45) is 0. The summed E-state index contributed by atoms with van der Waals surface area (Å²) < 4.78 is 1.11. The molecule has 0 spiro atoms. The van der Waals surface area contributed by atoms with Crippen LogP contribution in [-0.2, 0) is 0 Å². The van der Waals surface area contributed by atoms with Crippen LogP contribution in [0.15, 0.2) is 15.9 Å². The predicted octanol–water partition coefficient (Wildman–Crippen LogP) is 2.21. The minimum Gasteiger partial charge on any atom is -0.395 e. The highest BCUT2D eigenvalue weighted by molar-refractivity contribution is 9.11. The Bertz CT molecular complexity index is 330. The lowest BCUT2D eigenvalue weighted by Crippen LogP contribution is -2.42. The molecule has 5 heteroatoms. The summed E-state index contributed by atoms with van der Waals surface area (Å²) in [4.78, 5) is 3.35. The Balaban J connectivity index is 2.91. The van der Waals surface area contributed by atoms with Crippen LogP contribution < -0.4 is 5.73 Å². The Morgan fingerprint density at radius 1 is 1.50 bits per heavy atom. The molecule has 1 aromatic heterocycles. The summed E-state index contributed by atoms with van der Waals surface area (Å²) in [6.45, 7) is 4.14. The van der Waals surface area contributed by atoms with Crippen molar-refractivity contribution in [2.75, 3.05) is 13.7 Å². The van der Waals surface area contributed by atoms with Crippen LogP contribution in [-0.4, -0.2) is 35.7 Å². The van der Waals surface area contributed by atoms with Gasteiger partial charge < -0.3 is 10.8 Å². The van der Waals surface area contributed by atoms with E-state index in [4.69, 9.17) is 5.73 Å². The molecule has 3 nitrogen and oxygen atoms in total. The van der Waals surface area contributed by atoms with Crippen molar-refractivity contribution in [1.82, 2.24) is 4.90 Å². The zero-order valence-electron chi connectivity index (χ0n) is 9.85. The monoisotopic (exact) mass is 306 g/mol.